The molecular formula is C14H26N2O2. The summed E-state index contributed by atoms with van der Waals surface area (Å²) < 4.78 is 5.69. The van der Waals surface area contributed by atoms with E-state index < -0.39 is 0 Å². The molecule has 2 rings (SSSR count). The smallest absolute Gasteiger partial charge is 0.251 e. The Labute approximate surface area is 110 Å². The number of piperidine rings is 1. The van der Waals surface area contributed by atoms with Crippen molar-refractivity contribution in [1.29, 1.82) is 0 Å². The summed E-state index contributed by atoms with van der Waals surface area (Å²) in [5, 5.41) is 3.37. The van der Waals surface area contributed by atoms with Crippen molar-refractivity contribution in [3.63, 3.8) is 0 Å². The number of nitrogens with zero attached hydrogens (tertiary/aromatic N) is 1. The largest absolute Gasteiger partial charge is 0.365 e. The van der Waals surface area contributed by atoms with Crippen LogP contribution in [0.25, 0.3) is 0 Å². The highest BCUT2D eigenvalue weighted by Crippen LogP contribution is 2.22. The van der Waals surface area contributed by atoms with Gasteiger partial charge in [-0.15, -0.1) is 0 Å². The average molecular weight is 254 g/mol. The second-order valence-corrected chi connectivity index (χ2v) is 5.58. The predicted octanol–water partition coefficient (Wildman–Crippen LogP) is 1.40. The molecule has 4 nitrogen and oxygen atoms in total. The van der Waals surface area contributed by atoms with Gasteiger partial charge in [0.05, 0.1) is 6.10 Å². The number of likely N-dealkylation sites (N-methyl/N-ethyl adjacent to an activating group) is 1. The molecule has 0 aromatic carbocycles. The lowest BCUT2D eigenvalue weighted by Crippen LogP contribution is -2.43. The zero-order valence-corrected chi connectivity index (χ0v) is 11.7. The summed E-state index contributed by atoms with van der Waals surface area (Å²) in [6, 6.07) is 0. The number of hydrogen-bond donors (Lipinski definition) is 1. The minimum absolute atomic E-state index is 0.179. The van der Waals surface area contributed by atoms with E-state index in [1.807, 2.05) is 4.90 Å². The highest BCUT2D eigenvalue weighted by molar-refractivity contribution is 5.81. The summed E-state index contributed by atoms with van der Waals surface area (Å²) in [5.74, 6) is 0.870. The third-order valence-electron chi connectivity index (χ3n) is 4.14. The Balaban J connectivity index is 1.85. The van der Waals surface area contributed by atoms with Crippen LogP contribution >= 0.6 is 0 Å². The molecule has 2 aliphatic rings. The van der Waals surface area contributed by atoms with Crippen molar-refractivity contribution in [3.05, 3.63) is 0 Å². The highest BCUT2D eigenvalue weighted by atomic mass is 16.5. The van der Waals surface area contributed by atoms with Crippen molar-refractivity contribution in [1.82, 2.24) is 10.2 Å². The maximum Gasteiger partial charge on any atom is 0.251 e. The van der Waals surface area contributed by atoms with Crippen LogP contribution in [0.5, 0.6) is 0 Å². The van der Waals surface area contributed by atoms with E-state index in [0.717, 1.165) is 39.0 Å². The average Bonchev–Trinajstić information content (AvgIpc) is 2.83. The van der Waals surface area contributed by atoms with Gasteiger partial charge >= 0.3 is 0 Å². The molecule has 0 spiro atoms. The second kappa shape index (κ2) is 6.53. The first-order valence-electron chi connectivity index (χ1n) is 7.35. The molecule has 1 amide bonds. The van der Waals surface area contributed by atoms with Crippen molar-refractivity contribution in [2.45, 2.75) is 51.7 Å². The molecule has 1 N–H and O–H groups in total. The Kier molecular flexibility index (Phi) is 5.01. The Morgan fingerprint density at radius 3 is 2.56 bits per heavy atom. The summed E-state index contributed by atoms with van der Waals surface area (Å²) >= 11 is 0. The molecule has 2 heterocycles. The van der Waals surface area contributed by atoms with Crippen molar-refractivity contribution in [2.24, 2.45) is 5.92 Å². The lowest BCUT2D eigenvalue weighted by Gasteiger charge is -2.30. The van der Waals surface area contributed by atoms with Crippen LogP contribution in [0, 0.1) is 5.92 Å². The second-order valence-electron chi connectivity index (χ2n) is 5.58. The van der Waals surface area contributed by atoms with Gasteiger partial charge in [0.25, 0.3) is 5.91 Å². The molecular weight excluding hydrogens is 228 g/mol. The van der Waals surface area contributed by atoms with E-state index in [0.29, 0.717) is 5.92 Å². The summed E-state index contributed by atoms with van der Waals surface area (Å²) in [6.07, 6.45) is 4.35. The lowest BCUT2D eigenvalue weighted by atomic mass is 9.97. The van der Waals surface area contributed by atoms with E-state index in [1.165, 1.54) is 12.8 Å². The quantitative estimate of drug-likeness (QED) is 0.824. The van der Waals surface area contributed by atoms with Gasteiger partial charge in [-0.1, -0.05) is 0 Å². The zero-order valence-electron chi connectivity index (χ0n) is 11.7. The minimum atomic E-state index is -0.179. The predicted molar refractivity (Wildman–Crippen MR) is 71.4 cm³/mol. The first-order chi connectivity index (χ1) is 8.70. The Morgan fingerprint density at radius 1 is 1.28 bits per heavy atom. The van der Waals surface area contributed by atoms with Gasteiger partial charge in [0.1, 0.15) is 6.10 Å². The molecule has 0 aliphatic carbocycles. The van der Waals surface area contributed by atoms with E-state index in [2.05, 4.69) is 19.2 Å². The summed E-state index contributed by atoms with van der Waals surface area (Å²) in [4.78, 5) is 14.4. The molecule has 0 radical (unpaired) electrons. The van der Waals surface area contributed by atoms with Crippen molar-refractivity contribution < 1.29 is 9.53 Å². The highest BCUT2D eigenvalue weighted by Gasteiger charge is 2.32. The molecule has 2 unspecified atom stereocenters. The molecule has 104 valence electrons. The van der Waals surface area contributed by atoms with Gasteiger partial charge in [-0.2, -0.15) is 0 Å². The van der Waals surface area contributed by atoms with Gasteiger partial charge in [-0.3, -0.25) is 4.79 Å². The minimum Gasteiger partial charge on any atom is -0.365 e. The fourth-order valence-electron chi connectivity index (χ4n) is 2.94. The van der Waals surface area contributed by atoms with Crippen LogP contribution < -0.4 is 5.32 Å². The van der Waals surface area contributed by atoms with E-state index in [1.54, 1.807) is 0 Å². The monoisotopic (exact) mass is 254 g/mol. The summed E-state index contributed by atoms with van der Waals surface area (Å²) in [7, 11) is 0. The Hall–Kier alpha value is -0.610. The molecule has 0 aromatic rings. The third-order valence-corrected chi connectivity index (χ3v) is 4.14. The van der Waals surface area contributed by atoms with Crippen LogP contribution in [-0.4, -0.2) is 49.2 Å². The van der Waals surface area contributed by atoms with E-state index >= 15 is 0 Å². The normalized spacial score (nSPS) is 29.4. The number of ether oxygens (including phenoxy) is 1. The SMILES string of the molecule is CCN(CC1CCNCC1)C(=O)C1CCC(C)O1. The van der Waals surface area contributed by atoms with Crippen LogP contribution in [0.2, 0.25) is 0 Å². The number of rotatable bonds is 4. The topological polar surface area (TPSA) is 41.6 Å². The summed E-state index contributed by atoms with van der Waals surface area (Å²) in [6.45, 7) is 8.01. The van der Waals surface area contributed by atoms with Gasteiger partial charge in [-0.25, -0.2) is 0 Å². The van der Waals surface area contributed by atoms with Gasteiger partial charge in [-0.05, 0) is 58.5 Å². The number of carbonyl (C=O) groups excluding carboxylic acids is 1. The Bertz CT molecular complexity index is 277. The fraction of sp³-hybridized carbons (Fsp3) is 0.929. The van der Waals surface area contributed by atoms with Gasteiger partial charge in [0.15, 0.2) is 0 Å². The molecule has 0 aromatic heterocycles. The number of hydrogen-bond acceptors (Lipinski definition) is 3. The van der Waals surface area contributed by atoms with Crippen LogP contribution in [0.4, 0.5) is 0 Å². The van der Waals surface area contributed by atoms with Crippen molar-refractivity contribution in [3.8, 4) is 0 Å². The van der Waals surface area contributed by atoms with Crippen molar-refractivity contribution >= 4 is 5.91 Å². The molecule has 2 atom stereocenters. The first-order valence-corrected chi connectivity index (χ1v) is 7.35. The Morgan fingerprint density at radius 2 is 2.00 bits per heavy atom. The van der Waals surface area contributed by atoms with E-state index in [9.17, 15) is 4.79 Å². The fourth-order valence-corrected chi connectivity index (χ4v) is 2.94. The number of nitrogens with one attached hydrogen (secondary N) is 1. The van der Waals surface area contributed by atoms with Crippen molar-refractivity contribution in [2.75, 3.05) is 26.2 Å². The molecule has 4 heteroatoms. The lowest BCUT2D eigenvalue weighted by molar-refractivity contribution is -0.143. The number of amides is 1. The third kappa shape index (κ3) is 3.45. The standard InChI is InChI=1S/C14H26N2O2/c1-3-16(10-12-6-8-15-9-7-12)14(17)13-5-4-11(2)18-13/h11-13,15H,3-10H2,1-2H3. The van der Waals surface area contributed by atoms with Gasteiger partial charge in [0, 0.05) is 13.1 Å². The summed E-state index contributed by atoms with van der Waals surface area (Å²) in [5.41, 5.74) is 0. The number of carbonyl (C=O) groups is 1. The van der Waals surface area contributed by atoms with Gasteiger partial charge < -0.3 is 15.0 Å². The maximum absolute atomic E-state index is 12.4. The molecule has 2 aliphatic heterocycles. The molecule has 18 heavy (non-hydrogen) atoms. The zero-order chi connectivity index (χ0) is 13.0. The van der Waals surface area contributed by atoms with Crippen LogP contribution in [0.3, 0.4) is 0 Å². The van der Waals surface area contributed by atoms with Crippen LogP contribution in [-0.2, 0) is 9.53 Å². The van der Waals surface area contributed by atoms with Gasteiger partial charge in [0.2, 0.25) is 0 Å². The van der Waals surface area contributed by atoms with E-state index in [-0.39, 0.29) is 18.1 Å². The molecule has 2 saturated heterocycles. The molecule has 2 fully saturated rings. The first kappa shape index (κ1) is 13.8. The molecule has 0 bridgehead atoms. The van der Waals surface area contributed by atoms with Crippen LogP contribution in [0.1, 0.15) is 39.5 Å². The van der Waals surface area contributed by atoms with Crippen LogP contribution in [0.15, 0.2) is 0 Å². The maximum atomic E-state index is 12.4. The van der Waals surface area contributed by atoms with E-state index in [4.69, 9.17) is 4.74 Å². The molecule has 0 saturated carbocycles.